The molecule has 0 aliphatic rings. The standard InChI is InChI=1S/C21H25N5O.HI/c1-22-21(25(2)16-18-9-7-8-12-20(18)27-3)23-13-17-14-24-26(15-17)19-10-5-4-6-11-19;/h4-12,14-15H,13,16H2,1-3H3,(H,22,23);1H. The summed E-state index contributed by atoms with van der Waals surface area (Å²) in [6.45, 7) is 1.35. The predicted molar refractivity (Wildman–Crippen MR) is 124 cm³/mol. The van der Waals surface area contributed by atoms with Crippen LogP contribution in [0.3, 0.4) is 0 Å². The fourth-order valence-corrected chi connectivity index (χ4v) is 2.90. The molecule has 0 bridgehead atoms. The van der Waals surface area contributed by atoms with Gasteiger partial charge in [-0.05, 0) is 18.2 Å². The lowest BCUT2D eigenvalue weighted by atomic mass is 10.2. The molecule has 7 heteroatoms. The number of hydrogen-bond acceptors (Lipinski definition) is 3. The van der Waals surface area contributed by atoms with E-state index in [4.69, 9.17) is 4.74 Å². The van der Waals surface area contributed by atoms with Crippen molar-refractivity contribution in [3.63, 3.8) is 0 Å². The molecule has 0 saturated carbocycles. The van der Waals surface area contributed by atoms with Crippen LogP contribution < -0.4 is 10.1 Å². The summed E-state index contributed by atoms with van der Waals surface area (Å²) in [6.07, 6.45) is 3.89. The van der Waals surface area contributed by atoms with Gasteiger partial charge >= 0.3 is 0 Å². The SMILES string of the molecule is CN=C(NCc1cnn(-c2ccccc2)c1)N(C)Cc1ccccc1OC.I. The summed E-state index contributed by atoms with van der Waals surface area (Å²) in [5, 5.41) is 7.82. The minimum absolute atomic E-state index is 0. The van der Waals surface area contributed by atoms with Gasteiger partial charge in [0.05, 0.1) is 19.0 Å². The normalized spacial score (nSPS) is 10.9. The van der Waals surface area contributed by atoms with Gasteiger partial charge in [0, 0.05) is 44.5 Å². The highest BCUT2D eigenvalue weighted by atomic mass is 127. The Kier molecular flexibility index (Phi) is 8.31. The molecular weight excluding hydrogens is 465 g/mol. The van der Waals surface area contributed by atoms with Gasteiger partial charge in [-0.1, -0.05) is 36.4 Å². The number of methoxy groups -OCH3 is 1. The van der Waals surface area contributed by atoms with Crippen molar-refractivity contribution in [2.75, 3.05) is 21.2 Å². The number of para-hydroxylation sites is 2. The van der Waals surface area contributed by atoms with Crippen LogP contribution in [0.4, 0.5) is 0 Å². The van der Waals surface area contributed by atoms with E-state index in [9.17, 15) is 0 Å². The monoisotopic (exact) mass is 491 g/mol. The van der Waals surface area contributed by atoms with Crippen LogP contribution in [0.15, 0.2) is 72.0 Å². The Labute approximate surface area is 183 Å². The molecule has 0 saturated heterocycles. The van der Waals surface area contributed by atoms with E-state index in [1.54, 1.807) is 14.2 Å². The van der Waals surface area contributed by atoms with Crippen LogP contribution in [0, 0.1) is 0 Å². The summed E-state index contributed by atoms with van der Waals surface area (Å²) in [5.41, 5.74) is 3.24. The number of guanidine groups is 1. The highest BCUT2D eigenvalue weighted by Gasteiger charge is 2.10. The maximum Gasteiger partial charge on any atom is 0.193 e. The first kappa shape index (κ1) is 21.7. The Morgan fingerprint density at radius 1 is 1.14 bits per heavy atom. The Balaban J connectivity index is 0.00000280. The van der Waals surface area contributed by atoms with Gasteiger partial charge in [-0.3, -0.25) is 4.99 Å². The van der Waals surface area contributed by atoms with E-state index >= 15 is 0 Å². The van der Waals surface area contributed by atoms with Crippen LogP contribution in [0.5, 0.6) is 5.75 Å². The molecule has 1 N–H and O–H groups in total. The molecule has 0 fully saturated rings. The zero-order chi connectivity index (χ0) is 19.1. The summed E-state index contributed by atoms with van der Waals surface area (Å²) >= 11 is 0. The van der Waals surface area contributed by atoms with Gasteiger partial charge in [0.25, 0.3) is 0 Å². The fraction of sp³-hybridized carbons (Fsp3) is 0.238. The molecule has 2 aromatic carbocycles. The number of aromatic nitrogens is 2. The maximum atomic E-state index is 5.44. The summed E-state index contributed by atoms with van der Waals surface area (Å²) in [6, 6.07) is 18.1. The number of nitrogens with one attached hydrogen (secondary N) is 1. The molecule has 0 aliphatic carbocycles. The topological polar surface area (TPSA) is 54.7 Å². The zero-order valence-electron chi connectivity index (χ0n) is 16.4. The third-order valence-electron chi connectivity index (χ3n) is 4.28. The number of nitrogens with zero attached hydrogens (tertiary/aromatic N) is 4. The first-order valence-corrected chi connectivity index (χ1v) is 8.84. The number of aliphatic imine (C=N–C) groups is 1. The van der Waals surface area contributed by atoms with Gasteiger partial charge in [0.2, 0.25) is 0 Å². The number of halogens is 1. The van der Waals surface area contributed by atoms with E-state index in [0.29, 0.717) is 13.1 Å². The van der Waals surface area contributed by atoms with E-state index < -0.39 is 0 Å². The zero-order valence-corrected chi connectivity index (χ0v) is 18.7. The molecule has 3 aromatic rings. The van der Waals surface area contributed by atoms with Crippen LogP contribution in [-0.2, 0) is 13.1 Å². The van der Waals surface area contributed by atoms with Crippen molar-refractivity contribution in [3.8, 4) is 11.4 Å². The van der Waals surface area contributed by atoms with E-state index in [-0.39, 0.29) is 24.0 Å². The fourth-order valence-electron chi connectivity index (χ4n) is 2.90. The lowest BCUT2D eigenvalue weighted by Gasteiger charge is -2.23. The van der Waals surface area contributed by atoms with Crippen molar-refractivity contribution in [1.82, 2.24) is 20.0 Å². The third-order valence-corrected chi connectivity index (χ3v) is 4.28. The Hall–Kier alpha value is -2.55. The Bertz CT molecular complexity index is 895. The highest BCUT2D eigenvalue weighted by Crippen LogP contribution is 2.18. The van der Waals surface area contributed by atoms with Gasteiger partial charge in [-0.15, -0.1) is 24.0 Å². The van der Waals surface area contributed by atoms with Gasteiger partial charge in [-0.25, -0.2) is 4.68 Å². The molecule has 0 radical (unpaired) electrons. The van der Waals surface area contributed by atoms with Crippen molar-refractivity contribution in [1.29, 1.82) is 0 Å². The van der Waals surface area contributed by atoms with Gasteiger partial charge in [0.15, 0.2) is 5.96 Å². The molecule has 6 nitrogen and oxygen atoms in total. The minimum atomic E-state index is 0. The molecule has 3 rings (SSSR count). The lowest BCUT2D eigenvalue weighted by molar-refractivity contribution is 0.396. The molecule has 0 amide bonds. The van der Waals surface area contributed by atoms with Gasteiger partial charge in [-0.2, -0.15) is 5.10 Å². The summed E-state index contributed by atoms with van der Waals surface area (Å²) in [7, 11) is 5.49. The van der Waals surface area contributed by atoms with E-state index in [0.717, 1.165) is 28.5 Å². The van der Waals surface area contributed by atoms with E-state index in [1.807, 2.05) is 72.7 Å². The van der Waals surface area contributed by atoms with E-state index in [1.165, 1.54) is 0 Å². The van der Waals surface area contributed by atoms with Crippen molar-refractivity contribution in [2.45, 2.75) is 13.1 Å². The molecule has 1 aromatic heterocycles. The number of rotatable bonds is 6. The largest absolute Gasteiger partial charge is 0.496 e. The first-order chi connectivity index (χ1) is 13.2. The van der Waals surface area contributed by atoms with Gasteiger partial charge < -0.3 is 15.0 Å². The second-order valence-corrected chi connectivity index (χ2v) is 6.20. The van der Waals surface area contributed by atoms with Crippen molar-refractivity contribution >= 4 is 29.9 Å². The molecule has 0 spiro atoms. The third kappa shape index (κ3) is 5.48. The van der Waals surface area contributed by atoms with Crippen molar-refractivity contribution in [3.05, 3.63) is 78.1 Å². The number of hydrogen-bond donors (Lipinski definition) is 1. The second kappa shape index (κ2) is 10.7. The minimum Gasteiger partial charge on any atom is -0.496 e. The quantitative estimate of drug-likeness (QED) is 0.325. The summed E-state index contributed by atoms with van der Waals surface area (Å²) in [4.78, 5) is 6.45. The van der Waals surface area contributed by atoms with Crippen molar-refractivity contribution in [2.24, 2.45) is 4.99 Å². The predicted octanol–water partition coefficient (Wildman–Crippen LogP) is 3.71. The van der Waals surface area contributed by atoms with Crippen LogP contribution >= 0.6 is 24.0 Å². The van der Waals surface area contributed by atoms with Crippen LogP contribution in [0.2, 0.25) is 0 Å². The summed E-state index contributed by atoms with van der Waals surface area (Å²) < 4.78 is 7.31. The molecule has 0 aliphatic heterocycles. The van der Waals surface area contributed by atoms with E-state index in [2.05, 4.69) is 26.4 Å². The van der Waals surface area contributed by atoms with Crippen LogP contribution in [0.25, 0.3) is 5.69 Å². The Morgan fingerprint density at radius 2 is 1.86 bits per heavy atom. The molecule has 28 heavy (non-hydrogen) atoms. The smallest absolute Gasteiger partial charge is 0.193 e. The highest BCUT2D eigenvalue weighted by molar-refractivity contribution is 14.0. The number of benzene rings is 2. The Morgan fingerprint density at radius 3 is 2.57 bits per heavy atom. The average Bonchev–Trinajstić information content (AvgIpc) is 3.18. The molecule has 1 heterocycles. The molecular formula is C21H26IN5O. The van der Waals surface area contributed by atoms with Gasteiger partial charge in [0.1, 0.15) is 5.75 Å². The first-order valence-electron chi connectivity index (χ1n) is 8.84. The van der Waals surface area contributed by atoms with Crippen LogP contribution in [0.1, 0.15) is 11.1 Å². The molecule has 0 atom stereocenters. The lowest BCUT2D eigenvalue weighted by Crippen LogP contribution is -2.38. The maximum absolute atomic E-state index is 5.44. The molecule has 0 unspecified atom stereocenters. The second-order valence-electron chi connectivity index (χ2n) is 6.20. The molecule has 148 valence electrons. The number of ether oxygens (including phenoxy) is 1. The van der Waals surface area contributed by atoms with Crippen molar-refractivity contribution < 1.29 is 4.74 Å². The van der Waals surface area contributed by atoms with Crippen LogP contribution in [-0.4, -0.2) is 41.8 Å². The summed E-state index contributed by atoms with van der Waals surface area (Å²) in [5.74, 6) is 1.69. The average molecular weight is 491 g/mol.